The van der Waals surface area contributed by atoms with Crippen molar-refractivity contribution < 1.29 is 9.21 Å². The Morgan fingerprint density at radius 3 is 2.50 bits per heavy atom. The Bertz CT molecular complexity index is 730. The number of rotatable bonds is 7. The second-order valence-electron chi connectivity index (χ2n) is 7.16. The van der Waals surface area contributed by atoms with Crippen molar-refractivity contribution in [3.8, 4) is 0 Å². The summed E-state index contributed by atoms with van der Waals surface area (Å²) in [6, 6.07) is 10.7. The molecule has 3 N–H and O–H groups in total. The molecule has 28 heavy (non-hydrogen) atoms. The van der Waals surface area contributed by atoms with Gasteiger partial charge in [0.2, 0.25) is 0 Å². The van der Waals surface area contributed by atoms with Crippen LogP contribution in [0.3, 0.4) is 0 Å². The summed E-state index contributed by atoms with van der Waals surface area (Å²) in [5.74, 6) is 0.480. The van der Waals surface area contributed by atoms with E-state index in [9.17, 15) is 4.79 Å². The number of carbonyl (C=O) groups excluding carboxylic acids is 1. The van der Waals surface area contributed by atoms with Crippen LogP contribution in [-0.2, 0) is 19.6 Å². The van der Waals surface area contributed by atoms with Crippen molar-refractivity contribution in [1.82, 2.24) is 10.2 Å². The molecular weight excluding hydrogens is 397 g/mol. The first-order chi connectivity index (χ1) is 12.7. The number of carbonyl (C=O) groups is 1. The molecule has 0 bridgehead atoms. The molecule has 3 rings (SSSR count). The number of nitrogens with two attached hydrogens (primary N) is 1. The Hall–Kier alpha value is -1.53. The third-order valence-corrected chi connectivity index (χ3v) is 5.29. The Balaban J connectivity index is 0.00000196. The molecule has 1 aliphatic carbocycles. The first kappa shape index (κ1) is 24.5. The predicted molar refractivity (Wildman–Crippen MR) is 117 cm³/mol. The molecule has 0 radical (unpaired) electrons. The van der Waals surface area contributed by atoms with E-state index in [1.807, 2.05) is 6.07 Å². The normalized spacial score (nSPS) is 14.2. The first-order valence-electron chi connectivity index (χ1n) is 9.50. The molecule has 1 aromatic carbocycles. The molecule has 1 amide bonds. The molecule has 1 heterocycles. The second kappa shape index (κ2) is 12.1. The fourth-order valence-corrected chi connectivity index (χ4v) is 3.69. The average molecular weight is 428 g/mol. The molecule has 1 saturated carbocycles. The summed E-state index contributed by atoms with van der Waals surface area (Å²) >= 11 is 0. The lowest BCUT2D eigenvalue weighted by Gasteiger charge is -2.31. The molecule has 1 aromatic heterocycles. The number of halogens is 2. The maximum absolute atomic E-state index is 12.3. The van der Waals surface area contributed by atoms with Gasteiger partial charge >= 0.3 is 0 Å². The van der Waals surface area contributed by atoms with Crippen LogP contribution in [0.5, 0.6) is 0 Å². The van der Waals surface area contributed by atoms with Crippen molar-refractivity contribution in [1.29, 1.82) is 0 Å². The minimum absolute atomic E-state index is 0. The Kier molecular flexibility index (Phi) is 10.6. The van der Waals surface area contributed by atoms with E-state index in [2.05, 4.69) is 35.5 Å². The predicted octanol–water partition coefficient (Wildman–Crippen LogP) is 4.28. The summed E-state index contributed by atoms with van der Waals surface area (Å²) in [5, 5.41) is 2.99. The summed E-state index contributed by atoms with van der Waals surface area (Å²) in [4.78, 5) is 14.8. The van der Waals surface area contributed by atoms with E-state index in [0.29, 0.717) is 30.5 Å². The fourth-order valence-electron chi connectivity index (χ4n) is 3.69. The van der Waals surface area contributed by atoms with Gasteiger partial charge in [0.05, 0.1) is 12.1 Å². The van der Waals surface area contributed by atoms with Gasteiger partial charge in [-0.1, -0.05) is 43.5 Å². The number of nitrogens with one attached hydrogen (secondary N) is 1. The van der Waals surface area contributed by atoms with Gasteiger partial charge in [0.25, 0.3) is 5.91 Å². The largest absolute Gasteiger partial charge is 0.467 e. The van der Waals surface area contributed by atoms with Gasteiger partial charge in [0, 0.05) is 19.1 Å². The third-order valence-electron chi connectivity index (χ3n) is 5.29. The Labute approximate surface area is 179 Å². The zero-order valence-corrected chi connectivity index (χ0v) is 18.0. The van der Waals surface area contributed by atoms with Gasteiger partial charge in [-0.2, -0.15) is 0 Å². The van der Waals surface area contributed by atoms with E-state index in [1.165, 1.54) is 43.9 Å². The molecule has 0 aliphatic heterocycles. The maximum atomic E-state index is 12.3. The highest BCUT2D eigenvalue weighted by Crippen LogP contribution is 2.23. The van der Waals surface area contributed by atoms with Crippen LogP contribution in [-0.4, -0.2) is 23.9 Å². The summed E-state index contributed by atoms with van der Waals surface area (Å²) in [6.07, 6.45) is 8.08. The Morgan fingerprint density at radius 1 is 1.18 bits per heavy atom. The van der Waals surface area contributed by atoms with Gasteiger partial charge < -0.3 is 15.5 Å². The van der Waals surface area contributed by atoms with Crippen LogP contribution < -0.4 is 11.1 Å². The molecule has 5 nitrogen and oxygen atoms in total. The van der Waals surface area contributed by atoms with Crippen molar-refractivity contribution in [3.05, 3.63) is 59.0 Å². The van der Waals surface area contributed by atoms with E-state index in [0.717, 1.165) is 12.1 Å². The molecule has 7 heteroatoms. The molecule has 1 aliphatic rings. The molecule has 0 atom stereocenters. The van der Waals surface area contributed by atoms with Crippen molar-refractivity contribution in [2.75, 3.05) is 7.05 Å². The minimum Gasteiger partial charge on any atom is -0.467 e. The number of nitrogens with zero attached hydrogens (tertiary/aromatic N) is 1. The molecule has 0 unspecified atom stereocenters. The lowest BCUT2D eigenvalue weighted by Crippen LogP contribution is -2.33. The summed E-state index contributed by atoms with van der Waals surface area (Å²) < 4.78 is 5.24. The van der Waals surface area contributed by atoms with E-state index in [1.54, 1.807) is 6.07 Å². The van der Waals surface area contributed by atoms with Gasteiger partial charge in [-0.15, -0.1) is 24.8 Å². The lowest BCUT2D eigenvalue weighted by atomic mass is 9.94. The fraction of sp³-hybridized carbons (Fsp3) is 0.476. The summed E-state index contributed by atoms with van der Waals surface area (Å²) in [7, 11) is 2.21. The summed E-state index contributed by atoms with van der Waals surface area (Å²) in [5.41, 5.74) is 8.47. The molecule has 1 fully saturated rings. The number of hydrogen-bond acceptors (Lipinski definition) is 4. The molecule has 156 valence electrons. The molecular formula is C21H31Cl2N3O2. The smallest absolute Gasteiger partial charge is 0.254 e. The average Bonchev–Trinajstić information content (AvgIpc) is 3.17. The van der Waals surface area contributed by atoms with Crippen LogP contribution in [0.4, 0.5) is 0 Å². The van der Waals surface area contributed by atoms with Gasteiger partial charge in [0.15, 0.2) is 0 Å². The third kappa shape index (κ3) is 6.52. The standard InChI is InChI=1S/C21H29N3O2.2ClH/c1-24(19-9-3-2-4-10-19)14-17-8-6-5-7-16(17)13-23-21(25)18-11-20(12-22)26-15-18;;/h5-8,11,15,19H,2-4,9-10,12-14,22H2,1H3,(H,23,25);2*1H. The van der Waals surface area contributed by atoms with Crippen LogP contribution >= 0.6 is 24.8 Å². The second-order valence-corrected chi connectivity index (χ2v) is 7.16. The van der Waals surface area contributed by atoms with E-state index < -0.39 is 0 Å². The highest BCUT2D eigenvalue weighted by atomic mass is 35.5. The molecule has 2 aromatic rings. The van der Waals surface area contributed by atoms with Gasteiger partial charge in [-0.3, -0.25) is 9.69 Å². The van der Waals surface area contributed by atoms with Crippen molar-refractivity contribution in [2.45, 2.75) is 57.8 Å². The zero-order valence-electron chi connectivity index (χ0n) is 16.4. The monoisotopic (exact) mass is 427 g/mol. The first-order valence-corrected chi connectivity index (χ1v) is 9.50. The summed E-state index contributed by atoms with van der Waals surface area (Å²) in [6.45, 7) is 1.72. The number of furan rings is 1. The highest BCUT2D eigenvalue weighted by molar-refractivity contribution is 5.93. The number of benzene rings is 1. The SMILES string of the molecule is CN(Cc1ccccc1CNC(=O)c1coc(CN)c1)C1CCCCC1.Cl.Cl. The quantitative estimate of drug-likeness (QED) is 0.691. The van der Waals surface area contributed by atoms with Crippen molar-refractivity contribution in [2.24, 2.45) is 5.73 Å². The van der Waals surface area contributed by atoms with Crippen LogP contribution in [0.1, 0.15) is 59.3 Å². The lowest BCUT2D eigenvalue weighted by molar-refractivity contribution is 0.0950. The highest BCUT2D eigenvalue weighted by Gasteiger charge is 2.19. The van der Waals surface area contributed by atoms with Crippen LogP contribution in [0.25, 0.3) is 0 Å². The maximum Gasteiger partial charge on any atom is 0.254 e. The van der Waals surface area contributed by atoms with Gasteiger partial charge in [-0.25, -0.2) is 0 Å². The van der Waals surface area contributed by atoms with Crippen LogP contribution in [0.15, 0.2) is 41.0 Å². The van der Waals surface area contributed by atoms with Crippen molar-refractivity contribution in [3.63, 3.8) is 0 Å². The van der Waals surface area contributed by atoms with E-state index >= 15 is 0 Å². The van der Waals surface area contributed by atoms with Crippen LogP contribution in [0.2, 0.25) is 0 Å². The van der Waals surface area contributed by atoms with Gasteiger partial charge in [0.1, 0.15) is 12.0 Å². The van der Waals surface area contributed by atoms with E-state index in [-0.39, 0.29) is 30.7 Å². The molecule has 0 saturated heterocycles. The topological polar surface area (TPSA) is 71.5 Å². The van der Waals surface area contributed by atoms with Crippen molar-refractivity contribution >= 4 is 30.7 Å². The number of amides is 1. The van der Waals surface area contributed by atoms with E-state index in [4.69, 9.17) is 10.2 Å². The molecule has 0 spiro atoms. The zero-order chi connectivity index (χ0) is 18.4. The number of hydrogen-bond donors (Lipinski definition) is 2. The van der Waals surface area contributed by atoms with Gasteiger partial charge in [-0.05, 0) is 37.1 Å². The Morgan fingerprint density at radius 2 is 1.86 bits per heavy atom. The minimum atomic E-state index is -0.135. The van der Waals surface area contributed by atoms with Crippen LogP contribution in [0, 0.1) is 0 Å².